The molecule has 0 radical (unpaired) electrons. The number of benzene rings is 1. The third-order valence-corrected chi connectivity index (χ3v) is 4.36. The highest BCUT2D eigenvalue weighted by molar-refractivity contribution is 5.99. The van der Waals surface area contributed by atoms with Crippen molar-refractivity contribution >= 4 is 5.84 Å². The van der Waals surface area contributed by atoms with Crippen molar-refractivity contribution in [2.24, 2.45) is 22.7 Å². The summed E-state index contributed by atoms with van der Waals surface area (Å²) in [4.78, 5) is 0. The van der Waals surface area contributed by atoms with Crippen molar-refractivity contribution in [1.82, 2.24) is 0 Å². The minimum Gasteiger partial charge on any atom is -0.490 e. The lowest BCUT2D eigenvalue weighted by molar-refractivity contribution is 0.100. The molecule has 110 valence electrons. The minimum absolute atomic E-state index is 0.0981. The molecule has 0 saturated heterocycles. The number of oxime groups is 1. The van der Waals surface area contributed by atoms with Gasteiger partial charge in [-0.1, -0.05) is 30.6 Å². The van der Waals surface area contributed by atoms with Crippen LogP contribution < -0.4 is 10.5 Å². The predicted molar refractivity (Wildman–Crippen MR) is 80.3 cm³/mol. The van der Waals surface area contributed by atoms with Crippen molar-refractivity contribution in [3.63, 3.8) is 0 Å². The van der Waals surface area contributed by atoms with Crippen LogP contribution in [-0.4, -0.2) is 17.1 Å². The van der Waals surface area contributed by atoms with Crippen molar-refractivity contribution in [3.05, 3.63) is 29.3 Å². The van der Waals surface area contributed by atoms with E-state index in [1.807, 2.05) is 25.1 Å². The summed E-state index contributed by atoms with van der Waals surface area (Å²) in [7, 11) is 0. The zero-order valence-electron chi connectivity index (χ0n) is 12.5. The topological polar surface area (TPSA) is 67.8 Å². The first kappa shape index (κ1) is 14.7. The summed E-state index contributed by atoms with van der Waals surface area (Å²) in [5, 5.41) is 12.0. The summed E-state index contributed by atoms with van der Waals surface area (Å²) in [5.74, 6) is 2.24. The van der Waals surface area contributed by atoms with Crippen LogP contribution in [0.15, 0.2) is 23.4 Å². The van der Waals surface area contributed by atoms with Gasteiger partial charge in [0, 0.05) is 0 Å². The average molecular weight is 276 g/mol. The van der Waals surface area contributed by atoms with Gasteiger partial charge < -0.3 is 15.7 Å². The fourth-order valence-electron chi connectivity index (χ4n) is 2.79. The highest BCUT2D eigenvalue weighted by Gasteiger charge is 2.26. The molecule has 0 heterocycles. The van der Waals surface area contributed by atoms with Crippen molar-refractivity contribution in [2.45, 2.75) is 46.1 Å². The van der Waals surface area contributed by atoms with E-state index in [0.717, 1.165) is 24.3 Å². The fraction of sp³-hybridized carbons (Fsp3) is 0.562. The predicted octanol–water partition coefficient (Wildman–Crippen LogP) is 3.29. The lowest BCUT2D eigenvalue weighted by atomic mass is 9.80. The number of hydrogen-bond donors (Lipinski definition) is 2. The quantitative estimate of drug-likeness (QED) is 0.385. The highest BCUT2D eigenvalue weighted by atomic mass is 16.5. The molecule has 3 unspecified atom stereocenters. The van der Waals surface area contributed by atoms with Crippen molar-refractivity contribution in [1.29, 1.82) is 0 Å². The van der Waals surface area contributed by atoms with Crippen LogP contribution in [0.4, 0.5) is 0 Å². The first-order valence-electron chi connectivity index (χ1n) is 7.26. The first-order chi connectivity index (χ1) is 9.51. The SMILES string of the molecule is Cc1ccc(OC2CCC(C)C(C)C2)c(/C(N)=N/O)c1. The van der Waals surface area contributed by atoms with Crippen LogP contribution in [-0.2, 0) is 0 Å². The minimum atomic E-state index is 0.0981. The molecule has 4 heteroatoms. The number of amidine groups is 1. The molecule has 4 nitrogen and oxygen atoms in total. The summed E-state index contributed by atoms with van der Waals surface area (Å²) in [5.41, 5.74) is 7.46. The second-order valence-electron chi connectivity index (χ2n) is 5.99. The maximum atomic E-state index is 8.89. The Kier molecular flexibility index (Phi) is 4.53. The standard InChI is InChI=1S/C16H24N2O2/c1-10-4-7-15(14(8-10)16(17)18-19)20-13-6-5-11(2)12(3)9-13/h4,7-8,11-13,19H,5-6,9H2,1-3H3,(H2,17,18). The molecule has 0 bridgehead atoms. The molecule has 2 rings (SSSR count). The monoisotopic (exact) mass is 276 g/mol. The smallest absolute Gasteiger partial charge is 0.173 e. The fourth-order valence-corrected chi connectivity index (χ4v) is 2.79. The van der Waals surface area contributed by atoms with E-state index in [1.54, 1.807) is 0 Å². The molecule has 20 heavy (non-hydrogen) atoms. The molecule has 0 aliphatic heterocycles. The molecular weight excluding hydrogens is 252 g/mol. The van der Waals surface area contributed by atoms with Crippen LogP contribution >= 0.6 is 0 Å². The van der Waals surface area contributed by atoms with E-state index in [0.29, 0.717) is 17.2 Å². The summed E-state index contributed by atoms with van der Waals surface area (Å²) in [6, 6.07) is 5.78. The van der Waals surface area contributed by atoms with Gasteiger partial charge in [-0.25, -0.2) is 0 Å². The third-order valence-electron chi connectivity index (χ3n) is 4.36. The maximum absolute atomic E-state index is 8.89. The van der Waals surface area contributed by atoms with Gasteiger partial charge in [0.2, 0.25) is 0 Å². The van der Waals surface area contributed by atoms with Gasteiger partial charge in [0.05, 0.1) is 11.7 Å². The van der Waals surface area contributed by atoms with Crippen LogP contribution in [0.1, 0.15) is 44.2 Å². The van der Waals surface area contributed by atoms with E-state index in [9.17, 15) is 0 Å². The first-order valence-corrected chi connectivity index (χ1v) is 7.26. The van der Waals surface area contributed by atoms with Gasteiger partial charge in [-0.15, -0.1) is 0 Å². The Bertz CT molecular complexity index is 499. The van der Waals surface area contributed by atoms with Gasteiger partial charge in [0.15, 0.2) is 5.84 Å². The van der Waals surface area contributed by atoms with Crippen molar-refractivity contribution < 1.29 is 9.94 Å². The molecule has 1 aliphatic carbocycles. The molecular formula is C16H24N2O2. The van der Waals surface area contributed by atoms with Crippen LogP contribution in [0.5, 0.6) is 5.75 Å². The zero-order chi connectivity index (χ0) is 14.7. The Hall–Kier alpha value is -1.71. The molecule has 1 saturated carbocycles. The molecule has 0 spiro atoms. The van der Waals surface area contributed by atoms with Crippen molar-refractivity contribution in [2.75, 3.05) is 0 Å². The Morgan fingerprint density at radius 3 is 2.70 bits per heavy atom. The van der Waals surface area contributed by atoms with E-state index < -0.39 is 0 Å². The Labute approximate surface area is 120 Å². The third kappa shape index (κ3) is 3.24. The average Bonchev–Trinajstić information content (AvgIpc) is 2.44. The Morgan fingerprint density at radius 2 is 2.05 bits per heavy atom. The van der Waals surface area contributed by atoms with Gasteiger partial charge in [-0.05, 0) is 50.2 Å². The van der Waals surface area contributed by atoms with Gasteiger partial charge in [0.1, 0.15) is 5.75 Å². The van der Waals surface area contributed by atoms with Gasteiger partial charge in [-0.3, -0.25) is 0 Å². The lowest BCUT2D eigenvalue weighted by Crippen LogP contribution is -2.29. The summed E-state index contributed by atoms with van der Waals surface area (Å²) < 4.78 is 6.11. The molecule has 1 fully saturated rings. The number of rotatable bonds is 3. The van der Waals surface area contributed by atoms with Crippen LogP contribution in [0.3, 0.4) is 0 Å². The van der Waals surface area contributed by atoms with Gasteiger partial charge in [0.25, 0.3) is 0 Å². The molecule has 3 atom stereocenters. The number of nitrogens with zero attached hydrogens (tertiary/aromatic N) is 1. The van der Waals surface area contributed by atoms with E-state index in [4.69, 9.17) is 15.7 Å². The Balaban J connectivity index is 2.17. The Morgan fingerprint density at radius 1 is 1.30 bits per heavy atom. The summed E-state index contributed by atoms with van der Waals surface area (Å²) >= 11 is 0. The number of aryl methyl sites for hydroxylation is 1. The molecule has 1 aromatic rings. The van der Waals surface area contributed by atoms with Crippen LogP contribution in [0.25, 0.3) is 0 Å². The van der Waals surface area contributed by atoms with Gasteiger partial charge in [-0.2, -0.15) is 0 Å². The van der Waals surface area contributed by atoms with E-state index in [-0.39, 0.29) is 11.9 Å². The van der Waals surface area contributed by atoms with E-state index in [1.165, 1.54) is 6.42 Å². The van der Waals surface area contributed by atoms with Crippen molar-refractivity contribution in [3.8, 4) is 5.75 Å². The zero-order valence-corrected chi connectivity index (χ0v) is 12.5. The molecule has 0 amide bonds. The maximum Gasteiger partial charge on any atom is 0.173 e. The van der Waals surface area contributed by atoms with Crippen LogP contribution in [0.2, 0.25) is 0 Å². The number of hydrogen-bond acceptors (Lipinski definition) is 3. The van der Waals surface area contributed by atoms with E-state index >= 15 is 0 Å². The molecule has 0 aromatic heterocycles. The second-order valence-corrected chi connectivity index (χ2v) is 5.99. The molecule has 1 aliphatic rings. The normalized spacial score (nSPS) is 27.4. The van der Waals surface area contributed by atoms with Crippen LogP contribution in [0, 0.1) is 18.8 Å². The number of ether oxygens (including phenoxy) is 1. The van der Waals surface area contributed by atoms with E-state index in [2.05, 4.69) is 19.0 Å². The number of nitrogens with two attached hydrogens (primary N) is 1. The molecule has 1 aromatic carbocycles. The van der Waals surface area contributed by atoms with Gasteiger partial charge >= 0.3 is 0 Å². The second kappa shape index (κ2) is 6.16. The summed E-state index contributed by atoms with van der Waals surface area (Å²) in [6.07, 6.45) is 3.53. The summed E-state index contributed by atoms with van der Waals surface area (Å²) in [6.45, 7) is 6.55. The lowest BCUT2D eigenvalue weighted by Gasteiger charge is -2.32. The largest absolute Gasteiger partial charge is 0.490 e. The molecule has 3 N–H and O–H groups in total. The highest BCUT2D eigenvalue weighted by Crippen LogP contribution is 2.32.